The summed E-state index contributed by atoms with van der Waals surface area (Å²) >= 11 is 3.67. The van der Waals surface area contributed by atoms with Crippen LogP contribution in [0.4, 0.5) is 0 Å². The van der Waals surface area contributed by atoms with Crippen molar-refractivity contribution in [1.29, 1.82) is 0 Å². The predicted octanol–water partition coefficient (Wildman–Crippen LogP) is 2.33. The summed E-state index contributed by atoms with van der Waals surface area (Å²) in [5, 5.41) is 0.594. The molecule has 2 N–H and O–H groups in total. The minimum atomic E-state index is -0.501. The van der Waals surface area contributed by atoms with Crippen molar-refractivity contribution in [3.8, 4) is 0 Å². The van der Waals surface area contributed by atoms with Gasteiger partial charge in [0.25, 0.3) is 0 Å². The quantitative estimate of drug-likeness (QED) is 0.817. The second-order valence-electron chi connectivity index (χ2n) is 4.45. The summed E-state index contributed by atoms with van der Waals surface area (Å²) in [5.74, 6) is 1.36. The molecule has 2 atom stereocenters. The van der Waals surface area contributed by atoms with Gasteiger partial charge in [0.05, 0.1) is 6.61 Å². The van der Waals surface area contributed by atoms with Crippen molar-refractivity contribution in [3.63, 3.8) is 0 Å². The van der Waals surface area contributed by atoms with Gasteiger partial charge in [-0.1, -0.05) is 18.2 Å². The number of hydrogen-bond acceptors (Lipinski definition) is 5. The summed E-state index contributed by atoms with van der Waals surface area (Å²) in [4.78, 5) is 12.8. The number of thioether (sulfide) groups is 2. The molecule has 2 unspecified atom stereocenters. The highest BCUT2D eigenvalue weighted by molar-refractivity contribution is 8.03. The molecule has 1 aromatic rings. The Morgan fingerprint density at radius 2 is 2.37 bits per heavy atom. The number of nitrogens with two attached hydrogens (primary N) is 1. The SMILES string of the molecule is CCOC(=O)C(N)CSCC1Cc2ccccc2S1. The average molecular weight is 297 g/mol. The van der Waals surface area contributed by atoms with E-state index in [1.807, 2.05) is 11.8 Å². The smallest absolute Gasteiger partial charge is 0.323 e. The van der Waals surface area contributed by atoms with Crippen LogP contribution in [-0.2, 0) is 16.0 Å². The van der Waals surface area contributed by atoms with Crippen molar-refractivity contribution in [2.24, 2.45) is 5.73 Å². The number of ether oxygens (including phenoxy) is 1. The monoisotopic (exact) mass is 297 g/mol. The maximum Gasteiger partial charge on any atom is 0.323 e. The maximum absolute atomic E-state index is 11.4. The second kappa shape index (κ2) is 7.22. The largest absolute Gasteiger partial charge is 0.465 e. The third-order valence-corrected chi connectivity index (χ3v) is 5.67. The van der Waals surface area contributed by atoms with Crippen LogP contribution in [-0.4, -0.2) is 35.4 Å². The molecule has 1 aliphatic heterocycles. The van der Waals surface area contributed by atoms with Gasteiger partial charge in [-0.25, -0.2) is 0 Å². The fourth-order valence-corrected chi connectivity index (χ4v) is 4.54. The molecule has 0 fully saturated rings. The lowest BCUT2D eigenvalue weighted by Crippen LogP contribution is -2.34. The Kier molecular flexibility index (Phi) is 5.60. The molecule has 0 amide bonds. The average Bonchev–Trinajstić information content (AvgIpc) is 2.81. The Labute approximate surface area is 122 Å². The van der Waals surface area contributed by atoms with E-state index in [-0.39, 0.29) is 5.97 Å². The number of carbonyl (C=O) groups is 1. The lowest BCUT2D eigenvalue weighted by atomic mass is 10.1. The molecule has 104 valence electrons. The van der Waals surface area contributed by atoms with E-state index in [0.29, 0.717) is 17.6 Å². The molecule has 2 rings (SSSR count). The highest BCUT2D eigenvalue weighted by atomic mass is 32.2. The molecule has 0 radical (unpaired) electrons. The van der Waals surface area contributed by atoms with E-state index in [0.717, 1.165) is 12.2 Å². The van der Waals surface area contributed by atoms with Crippen molar-refractivity contribution in [2.75, 3.05) is 18.1 Å². The Hall–Kier alpha value is -0.650. The number of rotatable bonds is 6. The first-order valence-electron chi connectivity index (χ1n) is 6.45. The minimum absolute atomic E-state index is 0.294. The fraction of sp³-hybridized carbons (Fsp3) is 0.500. The number of esters is 1. The molecule has 0 bridgehead atoms. The minimum Gasteiger partial charge on any atom is -0.465 e. The number of fused-ring (bicyclic) bond motifs is 1. The standard InChI is InChI=1S/C14H19NO2S2/c1-2-17-14(16)12(15)9-18-8-11-7-10-5-3-4-6-13(10)19-11/h3-6,11-12H,2,7-9,15H2,1H3. The van der Waals surface area contributed by atoms with Crippen LogP contribution in [0.5, 0.6) is 0 Å². The first-order chi connectivity index (χ1) is 9.20. The number of carbonyl (C=O) groups excluding carboxylic acids is 1. The highest BCUT2D eigenvalue weighted by Crippen LogP contribution is 2.38. The van der Waals surface area contributed by atoms with Crippen molar-refractivity contribution in [1.82, 2.24) is 0 Å². The predicted molar refractivity (Wildman–Crippen MR) is 81.7 cm³/mol. The molecule has 1 aromatic carbocycles. The van der Waals surface area contributed by atoms with Gasteiger partial charge in [-0.2, -0.15) is 11.8 Å². The molecule has 0 saturated carbocycles. The maximum atomic E-state index is 11.4. The van der Waals surface area contributed by atoms with E-state index in [4.69, 9.17) is 10.5 Å². The van der Waals surface area contributed by atoms with Crippen molar-refractivity contribution < 1.29 is 9.53 Å². The molecule has 5 heteroatoms. The summed E-state index contributed by atoms with van der Waals surface area (Å²) in [6, 6.07) is 8.04. The fourth-order valence-electron chi connectivity index (χ4n) is 1.99. The van der Waals surface area contributed by atoms with Gasteiger partial charge in [-0.15, -0.1) is 11.8 Å². The van der Waals surface area contributed by atoms with Gasteiger partial charge in [-0.05, 0) is 25.0 Å². The van der Waals surface area contributed by atoms with E-state index in [1.165, 1.54) is 10.5 Å². The van der Waals surface area contributed by atoms with Crippen LogP contribution >= 0.6 is 23.5 Å². The molecule has 0 aromatic heterocycles. The third-order valence-electron chi connectivity index (χ3n) is 2.90. The van der Waals surface area contributed by atoms with Crippen molar-refractivity contribution >= 4 is 29.5 Å². The van der Waals surface area contributed by atoms with E-state index in [9.17, 15) is 4.79 Å². The first-order valence-corrected chi connectivity index (χ1v) is 8.48. The molecular formula is C14H19NO2S2. The van der Waals surface area contributed by atoms with Crippen LogP contribution in [0.25, 0.3) is 0 Å². The van der Waals surface area contributed by atoms with E-state index in [2.05, 4.69) is 24.3 Å². The van der Waals surface area contributed by atoms with Gasteiger partial charge in [-0.3, -0.25) is 4.79 Å². The van der Waals surface area contributed by atoms with Gasteiger partial charge >= 0.3 is 5.97 Å². The van der Waals surface area contributed by atoms with Gasteiger partial charge in [0.15, 0.2) is 0 Å². The first kappa shape index (κ1) is 14.8. The zero-order valence-corrected chi connectivity index (χ0v) is 12.6. The summed E-state index contributed by atoms with van der Waals surface area (Å²) in [6.07, 6.45) is 1.11. The van der Waals surface area contributed by atoms with Gasteiger partial charge in [0, 0.05) is 21.7 Å². The molecule has 3 nitrogen and oxygen atoms in total. The van der Waals surface area contributed by atoms with Gasteiger partial charge < -0.3 is 10.5 Å². The van der Waals surface area contributed by atoms with Crippen LogP contribution in [0.15, 0.2) is 29.2 Å². The van der Waals surface area contributed by atoms with Gasteiger partial charge in [0.1, 0.15) is 6.04 Å². The Morgan fingerprint density at radius 1 is 1.58 bits per heavy atom. The zero-order valence-electron chi connectivity index (χ0n) is 11.0. The van der Waals surface area contributed by atoms with Crippen molar-refractivity contribution in [3.05, 3.63) is 29.8 Å². The normalized spacial score (nSPS) is 18.9. The van der Waals surface area contributed by atoms with Crippen LogP contribution in [0.1, 0.15) is 12.5 Å². The van der Waals surface area contributed by atoms with E-state index >= 15 is 0 Å². The Balaban J connectivity index is 1.69. The second-order valence-corrected chi connectivity index (χ2v) is 6.86. The highest BCUT2D eigenvalue weighted by Gasteiger charge is 2.22. The summed E-state index contributed by atoms with van der Waals surface area (Å²) in [6.45, 7) is 2.19. The summed E-state index contributed by atoms with van der Waals surface area (Å²) < 4.78 is 4.89. The van der Waals surface area contributed by atoms with Gasteiger partial charge in [0.2, 0.25) is 0 Å². The molecule has 19 heavy (non-hydrogen) atoms. The van der Waals surface area contributed by atoms with Crippen LogP contribution in [0.3, 0.4) is 0 Å². The Bertz CT molecular complexity index is 414. The van der Waals surface area contributed by atoms with Crippen LogP contribution in [0, 0.1) is 0 Å². The van der Waals surface area contributed by atoms with E-state index < -0.39 is 6.04 Å². The topological polar surface area (TPSA) is 52.3 Å². The summed E-state index contributed by atoms with van der Waals surface area (Å²) in [7, 11) is 0. The Morgan fingerprint density at radius 3 is 3.11 bits per heavy atom. The van der Waals surface area contributed by atoms with E-state index in [1.54, 1.807) is 18.7 Å². The lowest BCUT2D eigenvalue weighted by molar-refractivity contribution is -0.144. The number of benzene rings is 1. The zero-order chi connectivity index (χ0) is 13.7. The molecule has 0 saturated heterocycles. The van der Waals surface area contributed by atoms with Crippen LogP contribution in [0.2, 0.25) is 0 Å². The van der Waals surface area contributed by atoms with Crippen molar-refractivity contribution in [2.45, 2.75) is 29.5 Å². The molecule has 0 spiro atoms. The lowest BCUT2D eigenvalue weighted by Gasteiger charge is -2.12. The third kappa shape index (κ3) is 4.16. The number of hydrogen-bond donors (Lipinski definition) is 1. The molecular weight excluding hydrogens is 278 g/mol. The molecule has 1 aliphatic rings. The van der Waals surface area contributed by atoms with Crippen LogP contribution < -0.4 is 5.73 Å². The summed E-state index contributed by atoms with van der Waals surface area (Å²) in [5.41, 5.74) is 7.21. The molecule has 0 aliphatic carbocycles. The molecule has 1 heterocycles.